The predicted molar refractivity (Wildman–Crippen MR) is 113 cm³/mol. The van der Waals surface area contributed by atoms with Crippen LogP contribution in [-0.2, 0) is 11.5 Å². The first kappa shape index (κ1) is 22.3. The van der Waals surface area contributed by atoms with Crippen LogP contribution in [0.3, 0.4) is 0 Å². The molecule has 0 bridgehead atoms. The third kappa shape index (κ3) is 4.38. The highest BCUT2D eigenvalue weighted by Crippen LogP contribution is 2.39. The van der Waals surface area contributed by atoms with E-state index >= 15 is 0 Å². The van der Waals surface area contributed by atoms with Gasteiger partial charge in [0.25, 0.3) is 0 Å². The predicted octanol–water partition coefficient (Wildman–Crippen LogP) is 2.27. The van der Waals surface area contributed by atoms with Gasteiger partial charge in [0.1, 0.15) is 12.4 Å². The summed E-state index contributed by atoms with van der Waals surface area (Å²) in [5, 5.41) is 5.43. The maximum Gasteiger partial charge on any atom is 0.249 e. The topological polar surface area (TPSA) is 30.5 Å². The maximum absolute atomic E-state index is 5.89. The standard InChI is InChI=1S/C22H30N3O2S.BrH/c1-6-23-12-13-24(16-23)19-15-28-20-14-17(8-9-18(19)20)26-27-25-21(2,3)10-7-11-22(25,4)5;/h8-9,12-16H,6-7,10-11H2,1-5H3;1H/q+1;/p-1. The number of hydroxylamine groups is 2. The summed E-state index contributed by atoms with van der Waals surface area (Å²) in [4.78, 5) is 11.7. The average molecular weight is 480 g/mol. The second-order valence-electron chi connectivity index (χ2n) is 8.86. The molecule has 0 saturated carbocycles. The van der Waals surface area contributed by atoms with Gasteiger partial charge in [-0.1, -0.05) is 4.99 Å². The zero-order valence-corrected chi connectivity index (χ0v) is 20.2. The minimum atomic E-state index is -0.0506. The number of thiophene rings is 1. The van der Waals surface area contributed by atoms with Crippen LogP contribution < -0.4 is 26.4 Å². The van der Waals surface area contributed by atoms with Gasteiger partial charge in [0.05, 0.1) is 6.54 Å². The molecule has 2 aromatic heterocycles. The van der Waals surface area contributed by atoms with Gasteiger partial charge in [-0.2, -0.15) is 0 Å². The fourth-order valence-electron chi connectivity index (χ4n) is 4.23. The third-order valence-electron chi connectivity index (χ3n) is 5.75. The van der Waals surface area contributed by atoms with Crippen LogP contribution >= 0.6 is 11.3 Å². The van der Waals surface area contributed by atoms with Gasteiger partial charge in [0, 0.05) is 32.6 Å². The van der Waals surface area contributed by atoms with E-state index < -0.39 is 0 Å². The number of piperidine rings is 1. The minimum Gasteiger partial charge on any atom is -1.00 e. The molecule has 0 unspecified atom stereocenters. The highest BCUT2D eigenvalue weighted by Gasteiger charge is 2.43. The fourth-order valence-corrected chi connectivity index (χ4v) is 5.20. The van der Waals surface area contributed by atoms with Crippen molar-refractivity contribution in [2.24, 2.45) is 0 Å². The molecule has 0 spiro atoms. The van der Waals surface area contributed by atoms with E-state index in [4.69, 9.17) is 9.88 Å². The van der Waals surface area contributed by atoms with Crippen molar-refractivity contribution in [3.63, 3.8) is 0 Å². The second-order valence-corrected chi connectivity index (χ2v) is 9.77. The molecule has 1 aliphatic rings. The minimum absolute atomic E-state index is 0. The molecule has 158 valence electrons. The van der Waals surface area contributed by atoms with Crippen molar-refractivity contribution in [1.29, 1.82) is 0 Å². The zero-order valence-electron chi connectivity index (χ0n) is 17.8. The van der Waals surface area contributed by atoms with E-state index in [0.717, 1.165) is 25.1 Å². The number of benzene rings is 1. The summed E-state index contributed by atoms with van der Waals surface area (Å²) in [6.45, 7) is 12.0. The molecule has 1 aliphatic heterocycles. The Hall–Kier alpha value is -1.41. The van der Waals surface area contributed by atoms with Crippen LogP contribution in [0.5, 0.6) is 5.75 Å². The molecule has 3 aromatic rings. The monoisotopic (exact) mass is 479 g/mol. The molecule has 0 radical (unpaired) electrons. The van der Waals surface area contributed by atoms with Gasteiger partial charge in [-0.3, -0.25) is 0 Å². The van der Waals surface area contributed by atoms with E-state index in [1.807, 2.05) is 11.1 Å². The number of imidazole rings is 1. The van der Waals surface area contributed by atoms with E-state index in [0.29, 0.717) is 0 Å². The summed E-state index contributed by atoms with van der Waals surface area (Å²) in [5.41, 5.74) is 1.09. The van der Waals surface area contributed by atoms with Crippen LogP contribution in [0.25, 0.3) is 15.8 Å². The summed E-state index contributed by atoms with van der Waals surface area (Å²) in [6, 6.07) is 6.16. The number of rotatable bonds is 5. The highest BCUT2D eigenvalue weighted by atomic mass is 79.9. The first-order chi connectivity index (χ1) is 13.3. The van der Waals surface area contributed by atoms with E-state index in [1.165, 1.54) is 22.2 Å². The normalized spacial score (nSPS) is 18.5. The Morgan fingerprint density at radius 1 is 1.14 bits per heavy atom. The summed E-state index contributed by atoms with van der Waals surface area (Å²) in [7, 11) is 0. The van der Waals surface area contributed by atoms with E-state index in [2.05, 4.69) is 80.0 Å². The molecule has 1 fully saturated rings. The van der Waals surface area contributed by atoms with E-state index in [1.54, 1.807) is 11.3 Å². The lowest BCUT2D eigenvalue weighted by Crippen LogP contribution is -3.00. The quantitative estimate of drug-likeness (QED) is 0.319. The Balaban J connectivity index is 0.00000240. The first-order valence-electron chi connectivity index (χ1n) is 10.0. The molecule has 0 N–H and O–H groups in total. The zero-order chi connectivity index (χ0) is 19.9. The van der Waals surface area contributed by atoms with Gasteiger partial charge >= 0.3 is 0 Å². The van der Waals surface area contributed by atoms with Crippen molar-refractivity contribution in [2.45, 2.75) is 71.5 Å². The van der Waals surface area contributed by atoms with Crippen LogP contribution in [0.15, 0.2) is 42.3 Å². The lowest BCUT2D eigenvalue weighted by molar-refractivity contribution is -0.692. The van der Waals surface area contributed by atoms with Crippen LogP contribution in [0.2, 0.25) is 0 Å². The van der Waals surface area contributed by atoms with Crippen molar-refractivity contribution in [3.05, 3.63) is 42.3 Å². The Labute approximate surface area is 187 Å². The van der Waals surface area contributed by atoms with Gasteiger partial charge < -0.3 is 21.9 Å². The summed E-state index contributed by atoms with van der Waals surface area (Å²) < 4.78 is 5.51. The Morgan fingerprint density at radius 3 is 2.52 bits per heavy atom. The molecule has 1 saturated heterocycles. The van der Waals surface area contributed by atoms with Crippen LogP contribution in [0.1, 0.15) is 53.9 Å². The second kappa shape index (κ2) is 8.38. The number of fused-ring (bicyclic) bond motifs is 1. The van der Waals surface area contributed by atoms with Gasteiger partial charge in [-0.25, -0.2) is 9.13 Å². The third-order valence-corrected chi connectivity index (χ3v) is 6.68. The van der Waals surface area contributed by atoms with Crippen molar-refractivity contribution < 1.29 is 31.4 Å². The van der Waals surface area contributed by atoms with Crippen LogP contribution in [0, 0.1) is 0 Å². The van der Waals surface area contributed by atoms with Crippen LogP contribution in [-0.4, -0.2) is 20.7 Å². The molecule has 4 rings (SSSR count). The van der Waals surface area contributed by atoms with Crippen molar-refractivity contribution in [1.82, 2.24) is 9.63 Å². The summed E-state index contributed by atoms with van der Waals surface area (Å²) in [5.74, 6) is 0.731. The number of hydrogen-bond acceptors (Lipinski definition) is 4. The van der Waals surface area contributed by atoms with Gasteiger partial charge in [-0.05, 0) is 66.0 Å². The average Bonchev–Trinajstić information content (AvgIpc) is 3.26. The Morgan fingerprint density at radius 2 is 1.86 bits per heavy atom. The van der Waals surface area contributed by atoms with Crippen LogP contribution in [0.4, 0.5) is 0 Å². The van der Waals surface area contributed by atoms with Crippen molar-refractivity contribution in [3.8, 4) is 11.4 Å². The highest BCUT2D eigenvalue weighted by molar-refractivity contribution is 7.17. The molecule has 29 heavy (non-hydrogen) atoms. The largest absolute Gasteiger partial charge is 1.00 e. The van der Waals surface area contributed by atoms with Gasteiger partial charge in [0.2, 0.25) is 6.33 Å². The molecule has 0 amide bonds. The lowest BCUT2D eigenvalue weighted by atomic mass is 9.82. The number of hydrogen-bond donors (Lipinski definition) is 0. The van der Waals surface area contributed by atoms with E-state index in [-0.39, 0.29) is 28.1 Å². The Kier molecular flexibility index (Phi) is 6.44. The van der Waals surface area contributed by atoms with Crippen molar-refractivity contribution >= 4 is 21.4 Å². The van der Waals surface area contributed by atoms with E-state index in [9.17, 15) is 0 Å². The molecule has 1 aromatic carbocycles. The first-order valence-corrected chi connectivity index (χ1v) is 10.9. The lowest BCUT2D eigenvalue weighted by Gasteiger charge is -2.49. The number of aryl methyl sites for hydroxylation is 1. The molecule has 0 atom stereocenters. The van der Waals surface area contributed by atoms with Crippen molar-refractivity contribution in [2.75, 3.05) is 0 Å². The van der Waals surface area contributed by atoms with Gasteiger partial charge in [0.15, 0.2) is 11.4 Å². The Bertz CT molecular complexity index is 964. The number of halogens is 1. The summed E-state index contributed by atoms with van der Waals surface area (Å²) in [6.07, 6.45) is 9.72. The fraction of sp³-hybridized carbons (Fsp3) is 0.500. The number of nitrogens with zero attached hydrogens (tertiary/aromatic N) is 3. The molecule has 0 aliphatic carbocycles. The maximum atomic E-state index is 5.89. The molecule has 5 nitrogen and oxygen atoms in total. The smallest absolute Gasteiger partial charge is 0.249 e. The molecular weight excluding hydrogens is 450 g/mol. The summed E-state index contributed by atoms with van der Waals surface area (Å²) >= 11 is 1.72. The SMILES string of the molecule is CC[n+]1ccn(-c2csc3cc(OON4C(C)(C)CCCC4(C)C)ccc23)c1.[Br-]. The molecular formula is C22H30BrN3O2S. The number of aromatic nitrogens is 2. The molecule has 7 heteroatoms. The van der Waals surface area contributed by atoms with Gasteiger partial charge in [-0.15, -0.1) is 16.4 Å². The molecule has 3 heterocycles.